The van der Waals surface area contributed by atoms with Gasteiger partial charge in [-0.25, -0.2) is 0 Å². The Morgan fingerprint density at radius 2 is 0.649 bits per heavy atom. The van der Waals surface area contributed by atoms with Gasteiger partial charge in [0.05, 0.1) is 25.4 Å². The lowest BCUT2D eigenvalue weighted by Gasteiger charge is -2.22. The van der Waals surface area contributed by atoms with Gasteiger partial charge in [0.1, 0.15) is 0 Å². The third kappa shape index (κ3) is 63.1. The first-order valence-corrected chi connectivity index (χ1v) is 34.7. The number of amides is 1. The number of carbonyl (C=O) groups is 2. The second-order valence-electron chi connectivity index (χ2n) is 23.9. The van der Waals surface area contributed by atoms with Gasteiger partial charge in [-0.1, -0.05) is 320 Å². The molecule has 6 heteroatoms. The molecule has 0 bridgehead atoms. The Morgan fingerprint density at radius 1 is 0.364 bits per heavy atom. The molecule has 0 spiro atoms. The summed E-state index contributed by atoms with van der Waals surface area (Å²) in [4.78, 5) is 24.6. The fourth-order valence-electron chi connectivity index (χ4n) is 10.8. The summed E-state index contributed by atoms with van der Waals surface area (Å²) in [7, 11) is 0. The average molecular weight is 1080 g/mol. The molecule has 0 aliphatic carbocycles. The number of rotatable bonds is 65. The van der Waals surface area contributed by atoms with Crippen LogP contribution in [0.15, 0.2) is 36.5 Å². The standard InChI is InChI=1S/C71H135NO5/c1-3-5-7-9-11-13-15-17-19-21-23-24-28-31-35-39-43-47-51-55-59-63-69(74)68(67-73)72-70(75)64-60-56-52-48-44-40-36-32-29-25-26-30-34-38-42-46-50-54-58-62-66-77-71(76)65-61-57-53-49-45-41-37-33-27-22-20-18-16-14-12-10-8-6-4-2/h12,14,18,20,25,29,68-69,73-74H,3-11,13,15-17,19,21-24,26-28,30-67H2,1-2H3,(H,72,75)/b14-12-,20-18-,29-25-. The van der Waals surface area contributed by atoms with Crippen LogP contribution >= 0.6 is 0 Å². The summed E-state index contributed by atoms with van der Waals surface area (Å²) in [6.07, 6.45) is 84.6. The van der Waals surface area contributed by atoms with E-state index >= 15 is 0 Å². The zero-order valence-corrected chi connectivity index (χ0v) is 52.0. The molecule has 0 heterocycles. The number of allylic oxidation sites excluding steroid dienone is 6. The SMILES string of the molecule is CCCCC/C=C\C/C=C\CCCCCCCCCCCC(=O)OCCCCCCCCCCC/C=C\CCCCCCCCCC(=O)NC(CO)C(O)CCCCCCCCCCCCCCCCCCCCCCC. The topological polar surface area (TPSA) is 95.9 Å². The number of ether oxygens (including phenoxy) is 1. The van der Waals surface area contributed by atoms with Crippen LogP contribution in [0.1, 0.15) is 380 Å². The Labute approximate surface area is 481 Å². The predicted molar refractivity (Wildman–Crippen MR) is 338 cm³/mol. The van der Waals surface area contributed by atoms with Gasteiger partial charge in [-0.2, -0.15) is 0 Å². The van der Waals surface area contributed by atoms with Gasteiger partial charge < -0.3 is 20.3 Å². The van der Waals surface area contributed by atoms with E-state index < -0.39 is 12.1 Å². The highest BCUT2D eigenvalue weighted by atomic mass is 16.5. The van der Waals surface area contributed by atoms with E-state index in [1.165, 1.54) is 295 Å². The van der Waals surface area contributed by atoms with E-state index in [1.807, 2.05) is 0 Å². The smallest absolute Gasteiger partial charge is 0.305 e. The van der Waals surface area contributed by atoms with Crippen molar-refractivity contribution in [2.45, 2.75) is 392 Å². The maximum Gasteiger partial charge on any atom is 0.305 e. The normalized spacial score (nSPS) is 12.7. The summed E-state index contributed by atoms with van der Waals surface area (Å²) >= 11 is 0. The zero-order chi connectivity index (χ0) is 55.7. The van der Waals surface area contributed by atoms with E-state index in [2.05, 4.69) is 55.6 Å². The second kappa shape index (κ2) is 66.6. The summed E-state index contributed by atoms with van der Waals surface area (Å²) < 4.78 is 5.50. The fraction of sp³-hybridized carbons (Fsp3) is 0.887. The van der Waals surface area contributed by atoms with Crippen LogP contribution in [-0.2, 0) is 14.3 Å². The monoisotopic (exact) mass is 1080 g/mol. The van der Waals surface area contributed by atoms with Gasteiger partial charge in [0.15, 0.2) is 0 Å². The molecule has 3 N–H and O–H groups in total. The minimum absolute atomic E-state index is 0.00319. The van der Waals surface area contributed by atoms with E-state index in [9.17, 15) is 19.8 Å². The number of unbranched alkanes of at least 4 members (excludes halogenated alkanes) is 48. The largest absolute Gasteiger partial charge is 0.466 e. The van der Waals surface area contributed by atoms with Crippen LogP contribution in [0.5, 0.6) is 0 Å². The lowest BCUT2D eigenvalue weighted by Crippen LogP contribution is -2.45. The van der Waals surface area contributed by atoms with Crippen LogP contribution in [0.3, 0.4) is 0 Å². The van der Waals surface area contributed by atoms with E-state index in [4.69, 9.17) is 4.74 Å². The average Bonchev–Trinajstić information content (AvgIpc) is 3.43. The van der Waals surface area contributed by atoms with Crippen molar-refractivity contribution in [1.29, 1.82) is 0 Å². The summed E-state index contributed by atoms with van der Waals surface area (Å²) in [5.41, 5.74) is 0. The van der Waals surface area contributed by atoms with Gasteiger partial charge in [-0.15, -0.1) is 0 Å². The van der Waals surface area contributed by atoms with Crippen molar-refractivity contribution in [1.82, 2.24) is 5.32 Å². The van der Waals surface area contributed by atoms with Crippen molar-refractivity contribution < 1.29 is 24.5 Å². The minimum Gasteiger partial charge on any atom is -0.466 e. The maximum atomic E-state index is 12.5. The molecule has 0 saturated carbocycles. The summed E-state index contributed by atoms with van der Waals surface area (Å²) in [5, 5.41) is 23.4. The first-order valence-electron chi connectivity index (χ1n) is 34.7. The second-order valence-corrected chi connectivity index (χ2v) is 23.9. The van der Waals surface area contributed by atoms with E-state index in [0.717, 1.165) is 51.4 Å². The molecule has 1 amide bonds. The highest BCUT2D eigenvalue weighted by Gasteiger charge is 2.20. The van der Waals surface area contributed by atoms with E-state index in [-0.39, 0.29) is 18.5 Å². The third-order valence-electron chi connectivity index (χ3n) is 16.2. The highest BCUT2D eigenvalue weighted by Crippen LogP contribution is 2.18. The van der Waals surface area contributed by atoms with Gasteiger partial charge in [0.2, 0.25) is 5.91 Å². The molecule has 0 radical (unpaired) electrons. The van der Waals surface area contributed by atoms with Crippen molar-refractivity contribution in [3.63, 3.8) is 0 Å². The Balaban J connectivity index is 3.42. The maximum absolute atomic E-state index is 12.5. The summed E-state index contributed by atoms with van der Waals surface area (Å²) in [6, 6.07) is -0.550. The molecule has 0 fully saturated rings. The summed E-state index contributed by atoms with van der Waals surface area (Å²) in [6.45, 7) is 4.95. The molecule has 0 rings (SSSR count). The summed E-state index contributed by atoms with van der Waals surface area (Å²) in [5.74, 6) is -0.0369. The first kappa shape index (κ1) is 75.1. The van der Waals surface area contributed by atoms with Crippen LogP contribution in [0.25, 0.3) is 0 Å². The number of nitrogens with one attached hydrogen (secondary N) is 1. The van der Waals surface area contributed by atoms with Gasteiger partial charge in [0, 0.05) is 12.8 Å². The molecule has 0 aliphatic heterocycles. The highest BCUT2D eigenvalue weighted by molar-refractivity contribution is 5.76. The molecule has 2 unspecified atom stereocenters. The van der Waals surface area contributed by atoms with Crippen molar-refractivity contribution in [2.24, 2.45) is 0 Å². The lowest BCUT2D eigenvalue weighted by molar-refractivity contribution is -0.143. The van der Waals surface area contributed by atoms with Crippen molar-refractivity contribution in [3.8, 4) is 0 Å². The van der Waals surface area contributed by atoms with Crippen LogP contribution in [0.4, 0.5) is 0 Å². The third-order valence-corrected chi connectivity index (χ3v) is 16.2. The van der Waals surface area contributed by atoms with Crippen molar-refractivity contribution in [3.05, 3.63) is 36.5 Å². The number of hydrogen-bond acceptors (Lipinski definition) is 5. The van der Waals surface area contributed by atoms with Crippen molar-refractivity contribution in [2.75, 3.05) is 13.2 Å². The molecule has 6 nitrogen and oxygen atoms in total. The predicted octanol–water partition coefficient (Wildman–Crippen LogP) is 22.3. The molecule has 2 atom stereocenters. The van der Waals surface area contributed by atoms with Gasteiger partial charge in [-0.05, 0) is 83.5 Å². The van der Waals surface area contributed by atoms with Gasteiger partial charge in [-0.3, -0.25) is 9.59 Å². The zero-order valence-electron chi connectivity index (χ0n) is 52.0. The van der Waals surface area contributed by atoms with Crippen LogP contribution in [-0.4, -0.2) is 47.4 Å². The van der Waals surface area contributed by atoms with Gasteiger partial charge in [0.25, 0.3) is 0 Å². The minimum atomic E-state index is -0.672. The van der Waals surface area contributed by atoms with Crippen molar-refractivity contribution >= 4 is 11.9 Å². The molecule has 0 aromatic rings. The molecule has 77 heavy (non-hydrogen) atoms. The first-order chi connectivity index (χ1) is 38.0. The molecule has 0 saturated heterocycles. The Bertz CT molecular complexity index is 1250. The lowest BCUT2D eigenvalue weighted by atomic mass is 10.0. The Morgan fingerprint density at radius 3 is 1.03 bits per heavy atom. The number of carbonyl (C=O) groups excluding carboxylic acids is 2. The Kier molecular flexibility index (Phi) is 64.9. The molecule has 0 aliphatic rings. The van der Waals surface area contributed by atoms with E-state index in [1.54, 1.807) is 0 Å². The number of aliphatic hydroxyl groups is 2. The number of esters is 1. The van der Waals surface area contributed by atoms with Crippen LogP contribution in [0.2, 0.25) is 0 Å². The molecule has 0 aromatic heterocycles. The van der Waals surface area contributed by atoms with Gasteiger partial charge >= 0.3 is 5.97 Å². The molecule has 0 aromatic carbocycles. The number of aliphatic hydroxyl groups excluding tert-OH is 2. The van der Waals surface area contributed by atoms with Crippen LogP contribution < -0.4 is 5.32 Å². The fourth-order valence-corrected chi connectivity index (χ4v) is 10.8. The van der Waals surface area contributed by atoms with Crippen LogP contribution in [0, 0.1) is 0 Å². The molecular weight excluding hydrogens is 947 g/mol. The quantitative estimate of drug-likeness (QED) is 0.0320. The van der Waals surface area contributed by atoms with E-state index in [0.29, 0.717) is 25.9 Å². The molecular formula is C71H135NO5. The Hall–Kier alpha value is -1.92. The number of hydrogen-bond donors (Lipinski definition) is 3. The molecule has 454 valence electrons.